The molecule has 0 unspecified atom stereocenters. The molecule has 0 saturated heterocycles. The van der Waals surface area contributed by atoms with E-state index >= 15 is 0 Å². The average molecular weight is 863 g/mol. The van der Waals surface area contributed by atoms with Crippen molar-refractivity contribution in [3.05, 3.63) is 168 Å². The molecule has 0 saturated carbocycles. The van der Waals surface area contributed by atoms with Crippen LogP contribution in [-0.4, -0.2) is 19.9 Å². The molecule has 0 aliphatic carbocycles. The van der Waals surface area contributed by atoms with Crippen molar-refractivity contribution in [2.24, 2.45) is 0 Å². The van der Waals surface area contributed by atoms with E-state index in [2.05, 4.69) is 32.1 Å². The molecule has 5 heterocycles. The second-order valence-electron chi connectivity index (χ2n) is 11.8. The third kappa shape index (κ3) is 7.04. The number of hydrogen-bond donors (Lipinski definition) is 0. The van der Waals surface area contributed by atoms with Crippen molar-refractivity contribution in [1.29, 1.82) is 0 Å². The maximum absolute atomic E-state index is 7.77. The summed E-state index contributed by atoms with van der Waals surface area (Å²) < 4.78 is 97.2. The zero-order valence-corrected chi connectivity index (χ0v) is 29.6. The zero-order valence-electron chi connectivity index (χ0n) is 39.2. The van der Waals surface area contributed by atoms with Crippen LogP contribution in [0.2, 0.25) is 0 Å². The van der Waals surface area contributed by atoms with Crippen molar-refractivity contribution in [3.63, 3.8) is 0 Å². The Kier molecular flexibility index (Phi) is 6.52. The van der Waals surface area contributed by atoms with E-state index < -0.39 is 27.4 Å². The van der Waals surface area contributed by atoms with Gasteiger partial charge in [0.05, 0.1) is 11.1 Å². The van der Waals surface area contributed by atoms with Crippen LogP contribution in [0.3, 0.4) is 0 Å². The Labute approximate surface area is 333 Å². The van der Waals surface area contributed by atoms with Gasteiger partial charge in [0.25, 0.3) is 0 Å². The third-order valence-electron chi connectivity index (χ3n) is 8.41. The number of pyridine rings is 4. The average Bonchev–Trinajstić information content (AvgIpc) is 3.64. The summed E-state index contributed by atoms with van der Waals surface area (Å²) in [5, 5.41) is 2.33. The molecule has 4 aromatic carbocycles. The van der Waals surface area contributed by atoms with E-state index in [1.54, 1.807) is 42.6 Å². The summed E-state index contributed by atoms with van der Waals surface area (Å²) in [6.07, 6.45) is 3.02. The minimum absolute atomic E-state index is 0. The van der Waals surface area contributed by atoms with Crippen LogP contribution < -0.4 is 0 Å². The van der Waals surface area contributed by atoms with Gasteiger partial charge in [-0.15, -0.1) is 47.5 Å². The molecule has 0 atom stereocenters. The van der Waals surface area contributed by atoms with Crippen molar-refractivity contribution >= 4 is 33.0 Å². The minimum atomic E-state index is -2.33. The molecule has 255 valence electrons. The van der Waals surface area contributed by atoms with Crippen molar-refractivity contribution in [2.45, 2.75) is 27.4 Å². The van der Waals surface area contributed by atoms with Crippen LogP contribution in [-0.2, 0) is 20.1 Å². The second kappa shape index (κ2) is 14.8. The topological polar surface area (TPSA) is 64.7 Å². The molecular formula is C46H34IrN4O-2. The number of hydrogen-bond acceptors (Lipinski definition) is 5. The molecule has 0 aliphatic rings. The fourth-order valence-electron chi connectivity index (χ4n) is 5.91. The quantitative estimate of drug-likeness (QED) is 0.165. The molecule has 52 heavy (non-hydrogen) atoms. The van der Waals surface area contributed by atoms with Gasteiger partial charge in [0.2, 0.25) is 5.71 Å². The SMILES string of the molecule is [2H]C([2H])([2H])c1ccc(-c2[c-]cc(C([2H])([2H])[2H])c(-c3ccccc3)c2)nc1.[2H]C([2H])([2H])c1ccc2cc(-c3ccnc(-c4[c-]ccc5c4oc4nc(C([2H])([2H])[2H])ccc45)c3)ccc2n1.[Ir]. The molecular weight excluding hydrogens is 817 g/mol. The summed E-state index contributed by atoms with van der Waals surface area (Å²) in [5.74, 6) is 0. The Bertz CT molecular complexity index is 3130. The van der Waals surface area contributed by atoms with Crippen LogP contribution in [0.4, 0.5) is 0 Å². The Hall–Kier alpha value is -5.81. The predicted molar refractivity (Wildman–Crippen MR) is 207 cm³/mol. The van der Waals surface area contributed by atoms with E-state index in [1.165, 1.54) is 30.5 Å². The first-order chi connectivity index (χ1) is 29.7. The first-order valence-corrected chi connectivity index (χ1v) is 16.0. The van der Waals surface area contributed by atoms with Gasteiger partial charge in [-0.25, -0.2) is 4.98 Å². The number of nitrogens with zero attached hydrogens (tertiary/aromatic N) is 4. The van der Waals surface area contributed by atoms with Gasteiger partial charge in [-0.05, 0) is 90.6 Å². The molecule has 9 rings (SSSR count). The van der Waals surface area contributed by atoms with Crippen molar-refractivity contribution in [3.8, 4) is 44.8 Å². The van der Waals surface area contributed by atoms with Gasteiger partial charge in [-0.2, -0.15) is 0 Å². The van der Waals surface area contributed by atoms with Crippen LogP contribution >= 0.6 is 0 Å². The summed E-state index contributed by atoms with van der Waals surface area (Å²) in [5.41, 5.74) is 7.39. The monoisotopic (exact) mass is 863 g/mol. The zero-order chi connectivity index (χ0) is 44.9. The van der Waals surface area contributed by atoms with E-state index in [-0.39, 0.29) is 48.3 Å². The molecule has 6 heteroatoms. The van der Waals surface area contributed by atoms with Gasteiger partial charge in [0, 0.05) is 71.1 Å². The van der Waals surface area contributed by atoms with Crippen LogP contribution in [0.25, 0.3) is 77.7 Å². The second-order valence-corrected chi connectivity index (χ2v) is 11.8. The summed E-state index contributed by atoms with van der Waals surface area (Å²) in [4.78, 5) is 17.3. The van der Waals surface area contributed by atoms with Crippen LogP contribution in [0, 0.1) is 39.5 Å². The molecule has 0 fully saturated rings. The molecule has 5 nitrogen and oxygen atoms in total. The number of fused-ring (bicyclic) bond motifs is 4. The number of aryl methyl sites for hydroxylation is 4. The molecule has 0 spiro atoms. The van der Waals surface area contributed by atoms with Crippen LogP contribution in [0.5, 0.6) is 0 Å². The van der Waals surface area contributed by atoms with E-state index in [0.29, 0.717) is 44.6 Å². The Balaban J connectivity index is 0.000000201. The van der Waals surface area contributed by atoms with Gasteiger partial charge in [-0.1, -0.05) is 84.0 Å². The normalized spacial score (nSPS) is 15.3. The van der Waals surface area contributed by atoms with Crippen LogP contribution in [0.15, 0.2) is 138 Å². The minimum Gasteiger partial charge on any atom is -0.486 e. The number of benzene rings is 4. The third-order valence-corrected chi connectivity index (χ3v) is 8.41. The van der Waals surface area contributed by atoms with E-state index in [1.807, 2.05) is 60.7 Å². The van der Waals surface area contributed by atoms with Gasteiger partial charge >= 0.3 is 0 Å². The summed E-state index contributed by atoms with van der Waals surface area (Å²) >= 11 is 0. The Morgan fingerprint density at radius 3 is 2.35 bits per heavy atom. The van der Waals surface area contributed by atoms with E-state index in [0.717, 1.165) is 27.5 Å². The smallest absolute Gasteiger partial charge is 0.216 e. The van der Waals surface area contributed by atoms with Crippen molar-refractivity contribution in [2.75, 3.05) is 0 Å². The summed E-state index contributed by atoms with van der Waals surface area (Å²) in [6, 6.07) is 41.3. The maximum atomic E-state index is 7.77. The number of furan rings is 1. The fourth-order valence-corrected chi connectivity index (χ4v) is 5.91. The van der Waals surface area contributed by atoms with Gasteiger partial charge in [0.1, 0.15) is 0 Å². The molecule has 0 aliphatic heterocycles. The molecule has 9 aromatic rings. The number of rotatable bonds is 4. The summed E-state index contributed by atoms with van der Waals surface area (Å²) in [6.45, 7) is -9.07. The van der Waals surface area contributed by atoms with Crippen molar-refractivity contribution < 1.29 is 41.0 Å². The standard InChI is InChI=1S/C27H18N3O.C19H16N.Ir/c1-16-6-8-20-14-18(9-11-24(20)29-16)19-12-13-28-25(15-19)23-5-3-4-21-22-10-7-17(2)30-27(22)31-26(21)23;1-14-8-11-19(20-13-14)17-10-9-15(2)18(12-17)16-6-4-3-5-7-16;/h3-4,6-15H,1-2H3;3-9,11-13H,1-2H3;/q2*-1;/i2*1D3,2D3;. The Morgan fingerprint density at radius 2 is 1.52 bits per heavy atom. The van der Waals surface area contributed by atoms with Gasteiger partial charge < -0.3 is 14.4 Å². The fraction of sp³-hybridized carbons (Fsp3) is 0.0870. The first kappa shape index (κ1) is 22.9. The van der Waals surface area contributed by atoms with Crippen molar-refractivity contribution in [1.82, 2.24) is 19.9 Å². The molecule has 0 bridgehead atoms. The molecule has 1 radical (unpaired) electrons. The molecule has 0 amide bonds. The van der Waals surface area contributed by atoms with E-state index in [9.17, 15) is 0 Å². The van der Waals surface area contributed by atoms with Gasteiger partial charge in [0.15, 0.2) is 0 Å². The largest absolute Gasteiger partial charge is 0.486 e. The van der Waals surface area contributed by atoms with E-state index in [4.69, 9.17) is 20.9 Å². The first-order valence-electron chi connectivity index (χ1n) is 22.0. The molecule has 0 N–H and O–H groups in total. The maximum Gasteiger partial charge on any atom is 0.216 e. The molecule has 5 aromatic heterocycles. The predicted octanol–water partition coefficient (Wildman–Crippen LogP) is 11.5. The summed E-state index contributed by atoms with van der Waals surface area (Å²) in [7, 11) is 0. The number of aromatic nitrogens is 4. The van der Waals surface area contributed by atoms with Gasteiger partial charge in [-0.3, -0.25) is 4.98 Å². The Morgan fingerprint density at radius 1 is 0.654 bits per heavy atom. The van der Waals surface area contributed by atoms with Crippen LogP contribution in [0.1, 0.15) is 39.0 Å².